The molecule has 0 aromatic heterocycles. The fourth-order valence-electron chi connectivity index (χ4n) is 2.94. The Morgan fingerprint density at radius 1 is 1.24 bits per heavy atom. The first-order valence-electron chi connectivity index (χ1n) is 8.03. The van der Waals surface area contributed by atoms with E-state index in [1.165, 1.54) is 16.4 Å². The van der Waals surface area contributed by atoms with Crippen LogP contribution in [0, 0.1) is 0 Å². The molecule has 0 aliphatic carbocycles. The van der Waals surface area contributed by atoms with Gasteiger partial charge in [-0.2, -0.15) is 4.31 Å². The molecule has 0 bridgehead atoms. The van der Waals surface area contributed by atoms with E-state index in [-0.39, 0.29) is 30.0 Å². The Bertz CT molecular complexity index is 750. The van der Waals surface area contributed by atoms with Gasteiger partial charge in [0.15, 0.2) is 5.79 Å². The number of amides is 1. The van der Waals surface area contributed by atoms with Crippen molar-refractivity contribution < 1.29 is 22.7 Å². The largest absolute Gasteiger partial charge is 0.348 e. The quantitative estimate of drug-likeness (QED) is 0.719. The van der Waals surface area contributed by atoms with Crippen molar-refractivity contribution in [2.45, 2.75) is 30.6 Å². The summed E-state index contributed by atoms with van der Waals surface area (Å²) in [5, 5.41) is 0. The number of rotatable bonds is 4. The van der Waals surface area contributed by atoms with Crippen molar-refractivity contribution >= 4 is 31.9 Å². The third-order valence-corrected chi connectivity index (χ3v) is 6.61. The maximum Gasteiger partial charge on any atom is 0.243 e. The summed E-state index contributed by atoms with van der Waals surface area (Å²) in [5.74, 6) is -0.860. The van der Waals surface area contributed by atoms with E-state index >= 15 is 0 Å². The summed E-state index contributed by atoms with van der Waals surface area (Å²) in [6.07, 6.45) is -0.186. The maximum atomic E-state index is 12.7. The lowest BCUT2D eigenvalue weighted by Crippen LogP contribution is -2.54. The Labute approximate surface area is 156 Å². The zero-order chi connectivity index (χ0) is 18.2. The molecular weight excluding hydrogens is 412 g/mol. The Balaban J connectivity index is 1.63. The fraction of sp³-hybridized carbons (Fsp3) is 0.562. The van der Waals surface area contributed by atoms with E-state index in [1.54, 1.807) is 17.0 Å². The second kappa shape index (κ2) is 6.96. The lowest BCUT2D eigenvalue weighted by Gasteiger charge is -2.34. The van der Waals surface area contributed by atoms with Gasteiger partial charge in [-0.1, -0.05) is 15.9 Å². The molecule has 0 radical (unpaired) electrons. The molecule has 3 rings (SSSR count). The van der Waals surface area contributed by atoms with E-state index in [2.05, 4.69) is 15.9 Å². The van der Waals surface area contributed by atoms with Crippen molar-refractivity contribution in [3.8, 4) is 0 Å². The van der Waals surface area contributed by atoms with Crippen molar-refractivity contribution in [3.05, 3.63) is 28.7 Å². The van der Waals surface area contributed by atoms with Gasteiger partial charge in [-0.05, 0) is 38.1 Å². The van der Waals surface area contributed by atoms with Crippen LogP contribution < -0.4 is 0 Å². The predicted molar refractivity (Wildman–Crippen MR) is 94.4 cm³/mol. The zero-order valence-electron chi connectivity index (χ0n) is 14.1. The van der Waals surface area contributed by atoms with Crippen LogP contribution in [0.15, 0.2) is 33.6 Å². The second-order valence-corrected chi connectivity index (χ2v) is 9.44. The summed E-state index contributed by atoms with van der Waals surface area (Å²) in [7, 11) is -3.67. The predicted octanol–water partition coefficient (Wildman–Crippen LogP) is 1.43. The Kier molecular flexibility index (Phi) is 5.23. The Morgan fingerprint density at radius 2 is 1.92 bits per heavy atom. The molecule has 2 fully saturated rings. The van der Waals surface area contributed by atoms with Crippen LogP contribution in [0.4, 0.5) is 0 Å². The molecule has 25 heavy (non-hydrogen) atoms. The van der Waals surface area contributed by atoms with Gasteiger partial charge in [-0.15, -0.1) is 0 Å². The van der Waals surface area contributed by atoms with E-state index in [4.69, 9.17) is 9.47 Å². The van der Waals surface area contributed by atoms with Crippen molar-refractivity contribution in [2.24, 2.45) is 0 Å². The van der Waals surface area contributed by atoms with Gasteiger partial charge in [0.25, 0.3) is 0 Å². The average Bonchev–Trinajstić information content (AvgIpc) is 2.88. The molecule has 1 aromatic rings. The minimum absolute atomic E-state index is 0.157. The van der Waals surface area contributed by atoms with Crippen LogP contribution in [-0.2, 0) is 24.3 Å². The van der Waals surface area contributed by atoms with Gasteiger partial charge < -0.3 is 14.4 Å². The molecule has 1 atom stereocenters. The van der Waals surface area contributed by atoms with E-state index < -0.39 is 15.8 Å². The number of carbonyl (C=O) groups excluding carboxylic acids is 1. The van der Waals surface area contributed by atoms with Gasteiger partial charge in [-0.25, -0.2) is 8.42 Å². The highest BCUT2D eigenvalue weighted by Gasteiger charge is 2.37. The molecule has 2 saturated heterocycles. The Morgan fingerprint density at radius 3 is 2.48 bits per heavy atom. The molecule has 1 aromatic carbocycles. The summed E-state index contributed by atoms with van der Waals surface area (Å²) in [4.78, 5) is 14.2. The van der Waals surface area contributed by atoms with Crippen LogP contribution in [0.3, 0.4) is 0 Å². The van der Waals surface area contributed by atoms with Crippen LogP contribution in [0.25, 0.3) is 0 Å². The number of nitrogens with zero attached hydrogens (tertiary/aromatic N) is 2. The number of sulfonamides is 1. The van der Waals surface area contributed by atoms with Crippen molar-refractivity contribution in [3.63, 3.8) is 0 Å². The van der Waals surface area contributed by atoms with Crippen LogP contribution in [-0.4, -0.2) is 68.2 Å². The third kappa shape index (κ3) is 4.22. The van der Waals surface area contributed by atoms with E-state index in [1.807, 2.05) is 13.8 Å². The first-order valence-corrected chi connectivity index (χ1v) is 10.3. The molecule has 7 nitrogen and oxygen atoms in total. The van der Waals surface area contributed by atoms with Gasteiger partial charge in [0.05, 0.1) is 18.0 Å². The zero-order valence-corrected chi connectivity index (χ0v) is 16.5. The average molecular weight is 433 g/mol. The van der Waals surface area contributed by atoms with E-state index in [9.17, 15) is 13.2 Å². The highest BCUT2D eigenvalue weighted by molar-refractivity contribution is 9.10. The minimum Gasteiger partial charge on any atom is -0.348 e. The number of benzene rings is 1. The number of carbonyl (C=O) groups is 1. The standard InChI is InChI=1S/C16H21BrN2O5S/c1-16(2)23-11-13(24-16)9-18-7-8-19(10-15(18)20)25(21,22)14-5-3-12(17)4-6-14/h3-6,13H,7-11H2,1-2H3. The summed E-state index contributed by atoms with van der Waals surface area (Å²) < 4.78 is 38.6. The first-order chi connectivity index (χ1) is 11.7. The molecule has 1 amide bonds. The highest BCUT2D eigenvalue weighted by atomic mass is 79.9. The lowest BCUT2D eigenvalue weighted by molar-refractivity contribution is -0.147. The van der Waals surface area contributed by atoms with Crippen LogP contribution in [0.1, 0.15) is 13.8 Å². The monoisotopic (exact) mass is 432 g/mol. The summed E-state index contributed by atoms with van der Waals surface area (Å²) >= 11 is 3.28. The number of hydrogen-bond acceptors (Lipinski definition) is 5. The molecule has 2 aliphatic rings. The van der Waals surface area contributed by atoms with Crippen LogP contribution >= 0.6 is 15.9 Å². The molecular formula is C16H21BrN2O5S. The van der Waals surface area contributed by atoms with Gasteiger partial charge >= 0.3 is 0 Å². The topological polar surface area (TPSA) is 76.2 Å². The summed E-state index contributed by atoms with van der Waals surface area (Å²) in [6.45, 7) is 4.95. The molecule has 2 aliphatic heterocycles. The fourth-order valence-corrected chi connectivity index (χ4v) is 4.58. The van der Waals surface area contributed by atoms with Crippen molar-refractivity contribution in [1.29, 1.82) is 0 Å². The minimum atomic E-state index is -3.67. The summed E-state index contributed by atoms with van der Waals surface area (Å²) in [5.41, 5.74) is 0. The molecule has 0 saturated carbocycles. The number of halogens is 1. The number of ether oxygens (including phenoxy) is 2. The maximum absolute atomic E-state index is 12.7. The number of hydrogen-bond donors (Lipinski definition) is 0. The summed E-state index contributed by atoms with van der Waals surface area (Å²) in [6, 6.07) is 6.40. The molecule has 0 spiro atoms. The van der Waals surface area contributed by atoms with Crippen LogP contribution in [0.5, 0.6) is 0 Å². The molecule has 9 heteroatoms. The molecule has 0 N–H and O–H groups in total. The first kappa shape index (κ1) is 18.8. The third-order valence-electron chi connectivity index (χ3n) is 4.23. The van der Waals surface area contributed by atoms with Crippen molar-refractivity contribution in [1.82, 2.24) is 9.21 Å². The SMILES string of the molecule is CC1(C)OCC(CN2CCN(S(=O)(=O)c3ccc(Br)cc3)CC2=O)O1. The van der Waals surface area contributed by atoms with Crippen LogP contribution in [0.2, 0.25) is 0 Å². The van der Waals surface area contributed by atoms with Crippen molar-refractivity contribution in [2.75, 3.05) is 32.8 Å². The molecule has 2 heterocycles. The number of piperazine rings is 1. The van der Waals surface area contributed by atoms with E-state index in [0.717, 1.165) is 4.47 Å². The molecule has 1 unspecified atom stereocenters. The second-order valence-electron chi connectivity index (χ2n) is 6.58. The lowest BCUT2D eigenvalue weighted by atomic mass is 10.3. The van der Waals surface area contributed by atoms with Gasteiger partial charge in [0.1, 0.15) is 6.10 Å². The molecule has 138 valence electrons. The van der Waals surface area contributed by atoms with Gasteiger partial charge in [0.2, 0.25) is 15.9 Å². The van der Waals surface area contributed by atoms with Gasteiger partial charge in [0, 0.05) is 24.1 Å². The van der Waals surface area contributed by atoms with E-state index in [0.29, 0.717) is 19.7 Å². The van der Waals surface area contributed by atoms with Gasteiger partial charge in [-0.3, -0.25) is 4.79 Å². The smallest absolute Gasteiger partial charge is 0.243 e. The normalized spacial score (nSPS) is 24.7. The Hall–Kier alpha value is -1.00. The highest BCUT2D eigenvalue weighted by Crippen LogP contribution is 2.24.